The zero-order valence-corrected chi connectivity index (χ0v) is 29.9. The van der Waals surface area contributed by atoms with Gasteiger partial charge in [0.1, 0.15) is 0 Å². The fourth-order valence-corrected chi connectivity index (χ4v) is 6.94. The summed E-state index contributed by atoms with van der Waals surface area (Å²) in [7, 11) is 0. The van der Waals surface area contributed by atoms with E-state index in [1.54, 1.807) is 0 Å². The molecule has 2 aliphatic rings. The average Bonchev–Trinajstić information content (AvgIpc) is 3.61. The molecule has 0 saturated carbocycles. The minimum Gasteiger partial charge on any atom is -1.00 e. The van der Waals surface area contributed by atoms with Crippen LogP contribution >= 0.6 is 0 Å². The summed E-state index contributed by atoms with van der Waals surface area (Å²) in [5.74, 6) is 1.25. The standard InChI is InChI=1S/C40H39.2ClH.Zr/c1-25(2)34-35(26(3)4)38(30-20-13-14-21-30)33-24-31-22-15-23-32(39(31)40(33)36(34)27(5)6)37(28-16-9-7-10-17-28)29-18-11-8-12-19-29;;;/h7-20,22-23,25-27H,21H2,1-6H3;2*1H;/q-1;;;+3/p-2. The van der Waals surface area contributed by atoms with Crippen LogP contribution in [-0.2, 0) is 26.2 Å². The van der Waals surface area contributed by atoms with Crippen molar-refractivity contribution in [1.29, 1.82) is 0 Å². The molecule has 217 valence electrons. The van der Waals surface area contributed by atoms with E-state index < -0.39 is 0 Å². The van der Waals surface area contributed by atoms with Crippen LogP contribution < -0.4 is 35.3 Å². The summed E-state index contributed by atoms with van der Waals surface area (Å²) in [6.45, 7) is 14.3. The predicted molar refractivity (Wildman–Crippen MR) is 171 cm³/mol. The summed E-state index contributed by atoms with van der Waals surface area (Å²) in [6.07, 6.45) is 11.8. The monoisotopic (exact) mass is 679 g/mol. The molecule has 4 aromatic rings. The number of benzene rings is 4. The van der Waals surface area contributed by atoms with Crippen molar-refractivity contribution in [3.05, 3.63) is 157 Å². The van der Waals surface area contributed by atoms with Crippen molar-refractivity contribution in [3.8, 4) is 0 Å². The van der Waals surface area contributed by atoms with Crippen LogP contribution in [0.15, 0.2) is 97.1 Å². The van der Waals surface area contributed by atoms with Gasteiger partial charge < -0.3 is 24.8 Å². The molecule has 4 aromatic carbocycles. The maximum absolute atomic E-state index is 4.00. The zero-order chi connectivity index (χ0) is 28.0. The molecule has 0 N–H and O–H groups in total. The molecule has 2 aliphatic carbocycles. The van der Waals surface area contributed by atoms with Crippen LogP contribution in [0.1, 0.15) is 105 Å². The second kappa shape index (κ2) is 14.6. The van der Waals surface area contributed by atoms with Crippen molar-refractivity contribution in [1.82, 2.24) is 0 Å². The van der Waals surface area contributed by atoms with Crippen molar-refractivity contribution in [2.45, 2.75) is 65.7 Å². The third kappa shape index (κ3) is 6.24. The molecule has 0 bridgehead atoms. The van der Waals surface area contributed by atoms with E-state index in [-0.39, 0.29) is 51.0 Å². The molecular weight excluding hydrogens is 643 g/mol. The minimum atomic E-state index is 0. The zero-order valence-electron chi connectivity index (χ0n) is 25.9. The van der Waals surface area contributed by atoms with E-state index in [4.69, 9.17) is 0 Å². The summed E-state index contributed by atoms with van der Waals surface area (Å²) in [6, 6.07) is 28.6. The van der Waals surface area contributed by atoms with E-state index in [9.17, 15) is 0 Å². The summed E-state index contributed by atoms with van der Waals surface area (Å²) < 4.78 is 0. The fraction of sp³-hybridized carbons (Fsp3) is 0.250. The smallest absolute Gasteiger partial charge is 1.00 e. The second-order valence-electron chi connectivity index (χ2n) is 12.1. The summed E-state index contributed by atoms with van der Waals surface area (Å²) in [4.78, 5) is 0. The molecule has 0 spiro atoms. The van der Waals surface area contributed by atoms with Gasteiger partial charge >= 0.3 is 26.2 Å². The van der Waals surface area contributed by atoms with Crippen molar-refractivity contribution >= 4 is 17.2 Å². The van der Waals surface area contributed by atoms with Gasteiger partial charge in [-0.2, -0.15) is 0 Å². The number of hydrogen-bond acceptors (Lipinski definition) is 0. The normalized spacial score (nSPS) is 12.6. The Morgan fingerprint density at radius 2 is 1.19 bits per heavy atom. The topological polar surface area (TPSA) is 0 Å². The molecule has 0 unspecified atom stereocenters. The first-order valence-electron chi connectivity index (χ1n) is 14.9. The van der Waals surface area contributed by atoms with Gasteiger partial charge in [-0.15, -0.1) is 33.4 Å². The molecule has 43 heavy (non-hydrogen) atoms. The molecule has 1 radical (unpaired) electrons. The van der Waals surface area contributed by atoms with Crippen molar-refractivity contribution in [2.24, 2.45) is 0 Å². The van der Waals surface area contributed by atoms with E-state index in [1.165, 1.54) is 71.0 Å². The van der Waals surface area contributed by atoms with Crippen LogP contribution in [0.5, 0.6) is 0 Å². The predicted octanol–water partition coefficient (Wildman–Crippen LogP) is 2.96. The van der Waals surface area contributed by atoms with Gasteiger partial charge in [0.2, 0.25) is 0 Å². The number of fused-ring (bicyclic) bond motifs is 2. The molecule has 0 fully saturated rings. The molecule has 0 amide bonds. The number of allylic oxidation sites excluding steroid dienone is 4. The Kier molecular flexibility index (Phi) is 11.9. The van der Waals surface area contributed by atoms with Crippen LogP contribution in [0.25, 0.3) is 17.2 Å². The van der Waals surface area contributed by atoms with Gasteiger partial charge in [0.25, 0.3) is 0 Å². The van der Waals surface area contributed by atoms with Gasteiger partial charge in [-0.05, 0) is 40.9 Å². The van der Waals surface area contributed by atoms with Crippen molar-refractivity contribution in [3.63, 3.8) is 0 Å². The first-order valence-corrected chi connectivity index (χ1v) is 14.9. The average molecular weight is 682 g/mol. The largest absolute Gasteiger partial charge is 3.00 e. The Balaban J connectivity index is 0.00000169. The molecule has 0 aromatic heterocycles. The third-order valence-corrected chi connectivity index (χ3v) is 8.41. The molecule has 0 atom stereocenters. The molecular formula is C40H39Cl2Zr. The number of halogens is 2. The van der Waals surface area contributed by atoms with Gasteiger partial charge in [-0.1, -0.05) is 166 Å². The van der Waals surface area contributed by atoms with Gasteiger partial charge in [-0.3, -0.25) is 0 Å². The number of rotatable bonds is 6. The molecule has 0 saturated heterocycles. The van der Waals surface area contributed by atoms with E-state index in [0.717, 1.165) is 6.42 Å². The molecule has 6 rings (SSSR count). The molecule has 0 heterocycles. The van der Waals surface area contributed by atoms with E-state index >= 15 is 0 Å². The maximum Gasteiger partial charge on any atom is 3.00 e. The summed E-state index contributed by atoms with van der Waals surface area (Å²) >= 11 is 0. The number of hydrogen-bond donors (Lipinski definition) is 0. The minimum absolute atomic E-state index is 0. The first-order chi connectivity index (χ1) is 19.4. The molecule has 0 nitrogen and oxygen atoms in total. The van der Waals surface area contributed by atoms with E-state index in [0.29, 0.717) is 17.8 Å². The molecule has 3 heteroatoms. The first kappa shape index (κ1) is 35.0. The fourth-order valence-electron chi connectivity index (χ4n) is 6.94. The molecule has 0 aliphatic heterocycles. The Morgan fingerprint density at radius 1 is 0.628 bits per heavy atom. The Labute approximate surface area is 289 Å². The Morgan fingerprint density at radius 3 is 1.67 bits per heavy atom. The van der Waals surface area contributed by atoms with Gasteiger partial charge in [0.15, 0.2) is 0 Å². The second-order valence-corrected chi connectivity index (χ2v) is 12.1. The van der Waals surface area contributed by atoms with Crippen LogP contribution in [0.2, 0.25) is 0 Å². The van der Waals surface area contributed by atoms with E-state index in [1.807, 2.05) is 0 Å². The van der Waals surface area contributed by atoms with Crippen LogP contribution in [-0.4, -0.2) is 0 Å². The van der Waals surface area contributed by atoms with Crippen LogP contribution in [0.3, 0.4) is 0 Å². The van der Waals surface area contributed by atoms with Gasteiger partial charge in [-0.25, -0.2) is 0 Å². The van der Waals surface area contributed by atoms with Gasteiger partial charge in [0, 0.05) is 0 Å². The Bertz CT molecular complexity index is 1840. The maximum atomic E-state index is 4.00. The van der Waals surface area contributed by atoms with Gasteiger partial charge in [0.05, 0.1) is 0 Å². The summed E-state index contributed by atoms with van der Waals surface area (Å²) in [5, 5.41) is 5.34. The van der Waals surface area contributed by atoms with E-state index in [2.05, 4.69) is 145 Å². The van der Waals surface area contributed by atoms with Crippen LogP contribution in [0.4, 0.5) is 0 Å². The van der Waals surface area contributed by atoms with Crippen molar-refractivity contribution in [2.75, 3.05) is 0 Å². The Hall–Kier alpha value is -2.44. The quantitative estimate of drug-likeness (QED) is 0.242. The van der Waals surface area contributed by atoms with Crippen molar-refractivity contribution < 1.29 is 51.0 Å². The third-order valence-electron chi connectivity index (χ3n) is 8.41. The SMILES string of the molecule is CC(C)c1c(C(C)C)c(C(C)C)c2c(c1C1=CC=CC1)=[C-]c1cccc(=C(c3ccccc3)c3ccccc3)c1=2.[Cl-].[Cl-].[Zr+3]. The summed E-state index contributed by atoms with van der Waals surface area (Å²) in [5.41, 5.74) is 12.4. The van der Waals surface area contributed by atoms with Crippen LogP contribution in [0, 0.1) is 10.4 Å².